The first-order valence-electron chi connectivity index (χ1n) is 36.0. The van der Waals surface area contributed by atoms with E-state index in [4.69, 9.17) is 15.6 Å². The largest absolute Gasteiger partial charge is 0.481 e. The zero-order valence-corrected chi connectivity index (χ0v) is 64.2. The highest BCUT2D eigenvalue weighted by Crippen LogP contribution is 2.20. The van der Waals surface area contributed by atoms with Crippen molar-refractivity contribution >= 4 is 148 Å². The van der Waals surface area contributed by atoms with Gasteiger partial charge in [-0.2, -0.15) is 11.8 Å². The first-order valence-corrected chi connectivity index (χ1v) is 37.4. The summed E-state index contributed by atoms with van der Waals surface area (Å²) in [5.41, 5.74) is 5.73. The average molecular weight is 1660 g/mol. The normalized spacial score (nSPS) is 15.1. The molecule has 0 spiro atoms. The summed E-state index contributed by atoms with van der Waals surface area (Å²) in [6.07, 6.45) is -13.0. The number of Topliss-reactive ketones (excluding diaryl/α,β-unsaturated/α-hetero) is 1. The van der Waals surface area contributed by atoms with E-state index in [1.54, 1.807) is 20.1 Å². The van der Waals surface area contributed by atoms with Crippen molar-refractivity contribution in [1.82, 2.24) is 68.7 Å². The number of aliphatic carboxylic acids is 9. The highest BCUT2D eigenvalue weighted by Gasteiger charge is 2.39. The van der Waals surface area contributed by atoms with Crippen LogP contribution >= 0.6 is 11.8 Å². The number of carboxylic acid groups (broad SMARTS) is 9. The molecule has 13 amide bonds. The van der Waals surface area contributed by atoms with Crippen LogP contribution in [0.2, 0.25) is 0 Å². The third kappa shape index (κ3) is 42.7. The third-order valence-electron chi connectivity index (χ3n) is 16.8. The van der Waals surface area contributed by atoms with Crippen LogP contribution in [0.3, 0.4) is 0 Å². The van der Waals surface area contributed by atoms with E-state index in [1.807, 2.05) is 5.32 Å². The van der Waals surface area contributed by atoms with Gasteiger partial charge in [0.15, 0.2) is 5.78 Å². The standard InChI is InChI=1S/C67H102N14O33S/c1-32(2)28-43(59(105)70-29-46(83)71-44(31-115-4)33(3)82)80-67(113)45-6-5-26-81(45)47(84)30-114-27-25-69-58(104)35(8-17-49(87)88)73-61(107)37(10-19-51(91)92)75-63(109)39(12-21-53(95)96)77-65(111)41(14-23-55(99)100)79-66(112)42(15-24-56(101)102)78-64(110)40(13-22-54(97)98)76-62(108)38(11-20-52(93)94)74-60(106)36(9-18-50(89)90)72-57(103)34(68)7-16-48(85)86/h32,34-45H,5-31,68H2,1-4H3,(H,69,104)(H,70,105)(H,71,83)(H,72,103)(H,73,107)(H,74,106)(H,75,109)(H,76,108)(H,77,111)(H,78,110)(H,79,112)(H,80,113)(H,85,86)(H,87,88)(H,89,90)(H,91,92)(H,93,94)(H,95,96)(H,97,98)(H,99,100)(H,101,102)/t34-,35-,36-,37-,38-,39-,40-,41-,42-,43+,44+,45+/m1/s1. The van der Waals surface area contributed by atoms with Gasteiger partial charge >= 0.3 is 53.7 Å². The number of nitrogens with one attached hydrogen (secondary N) is 12. The predicted octanol–water partition coefficient (Wildman–Crippen LogP) is -6.82. The van der Waals surface area contributed by atoms with Gasteiger partial charge in [-0.25, -0.2) is 0 Å². The fraction of sp³-hybridized carbons (Fsp3) is 0.657. The minimum absolute atomic E-state index is 0.0913. The molecule has 1 saturated heterocycles. The molecule has 0 bridgehead atoms. The number of carboxylic acids is 9. The molecule has 47 nitrogen and oxygen atoms in total. The fourth-order valence-electron chi connectivity index (χ4n) is 10.8. The molecule has 1 aliphatic heterocycles. The summed E-state index contributed by atoms with van der Waals surface area (Å²) in [4.78, 5) is 296. The Balaban J connectivity index is 3.53. The van der Waals surface area contributed by atoms with Crippen molar-refractivity contribution in [2.75, 3.05) is 44.9 Å². The van der Waals surface area contributed by atoms with Crippen molar-refractivity contribution in [3.05, 3.63) is 0 Å². The first-order chi connectivity index (χ1) is 53.8. The summed E-state index contributed by atoms with van der Waals surface area (Å²) in [5, 5.41) is 112. The van der Waals surface area contributed by atoms with Gasteiger partial charge in [-0.15, -0.1) is 0 Å². The number of hydrogen-bond donors (Lipinski definition) is 22. The maximum atomic E-state index is 14.2. The lowest BCUT2D eigenvalue weighted by atomic mass is 10.0. The fourth-order valence-corrected chi connectivity index (χ4v) is 11.4. The summed E-state index contributed by atoms with van der Waals surface area (Å²) in [5.74, 6) is -29.6. The molecule has 0 aromatic carbocycles. The molecule has 12 atom stereocenters. The number of amides is 13. The van der Waals surface area contributed by atoms with Gasteiger partial charge in [0.2, 0.25) is 76.8 Å². The van der Waals surface area contributed by atoms with E-state index in [0.29, 0.717) is 12.2 Å². The Kier molecular flexibility index (Phi) is 47.0. The Bertz CT molecular complexity index is 3510. The lowest BCUT2D eigenvalue weighted by molar-refractivity contribution is -0.142. The quantitative estimate of drug-likeness (QED) is 0.0252. The Hall–Kier alpha value is -11.7. The number of ether oxygens (including phenoxy) is 1. The van der Waals surface area contributed by atoms with Crippen LogP contribution in [-0.4, -0.2) is 305 Å². The van der Waals surface area contributed by atoms with Gasteiger partial charge in [0, 0.05) is 76.6 Å². The van der Waals surface area contributed by atoms with Crippen LogP contribution in [0.5, 0.6) is 0 Å². The van der Waals surface area contributed by atoms with Gasteiger partial charge in [-0.1, -0.05) is 13.8 Å². The summed E-state index contributed by atoms with van der Waals surface area (Å²) in [6.45, 7) is 2.91. The monoisotopic (exact) mass is 1660 g/mol. The van der Waals surface area contributed by atoms with Gasteiger partial charge < -0.3 is 125 Å². The minimum atomic E-state index is -2.18. The van der Waals surface area contributed by atoms with Gasteiger partial charge in [0.1, 0.15) is 67.0 Å². The maximum Gasteiger partial charge on any atom is 0.303 e. The highest BCUT2D eigenvalue weighted by atomic mass is 32.2. The summed E-state index contributed by atoms with van der Waals surface area (Å²) in [7, 11) is 0. The van der Waals surface area contributed by atoms with Crippen molar-refractivity contribution in [2.45, 2.75) is 228 Å². The number of nitrogens with zero attached hydrogens (tertiary/aromatic N) is 1. The van der Waals surface area contributed by atoms with E-state index < -0.39 is 345 Å². The van der Waals surface area contributed by atoms with E-state index in [-0.39, 0.29) is 31.1 Å². The van der Waals surface area contributed by atoms with Gasteiger partial charge in [0.05, 0.1) is 25.2 Å². The van der Waals surface area contributed by atoms with E-state index in [0.717, 1.165) is 0 Å². The maximum absolute atomic E-state index is 14.2. The molecule has 1 heterocycles. The average Bonchev–Trinajstić information content (AvgIpc) is 1.83. The smallest absolute Gasteiger partial charge is 0.303 e. The number of hydrogen-bond acceptors (Lipinski definition) is 26. The second kappa shape index (κ2) is 53.3. The molecule has 644 valence electrons. The first kappa shape index (κ1) is 101. The van der Waals surface area contributed by atoms with Gasteiger partial charge in [0.25, 0.3) is 0 Å². The van der Waals surface area contributed by atoms with Crippen LogP contribution in [0.4, 0.5) is 0 Å². The van der Waals surface area contributed by atoms with Crippen LogP contribution in [-0.2, 0) is 115 Å². The zero-order chi connectivity index (χ0) is 87.4. The molecule has 0 aliphatic carbocycles. The molecule has 1 rings (SSSR count). The molecule has 0 saturated carbocycles. The lowest BCUT2D eigenvalue weighted by Gasteiger charge is -2.28. The number of carbonyl (C=O) groups is 23. The Morgan fingerprint density at radius 3 is 0.983 bits per heavy atom. The van der Waals surface area contributed by atoms with E-state index in [2.05, 4.69) is 58.5 Å². The van der Waals surface area contributed by atoms with E-state index >= 15 is 0 Å². The lowest BCUT2D eigenvalue weighted by Crippen LogP contribution is -2.60. The summed E-state index contributed by atoms with van der Waals surface area (Å²) >= 11 is 1.32. The highest BCUT2D eigenvalue weighted by molar-refractivity contribution is 7.98. The van der Waals surface area contributed by atoms with E-state index in [9.17, 15) is 151 Å². The topological polar surface area (TPSA) is 758 Å². The molecule has 48 heteroatoms. The molecule has 0 aromatic rings. The van der Waals surface area contributed by atoms with Crippen LogP contribution in [0.1, 0.15) is 156 Å². The number of rotatable bonds is 60. The molecule has 23 N–H and O–H groups in total. The summed E-state index contributed by atoms with van der Waals surface area (Å²) in [6, 6.07) is -21.0. The molecular weight excluding hydrogens is 1560 g/mol. The number of carbonyl (C=O) groups excluding carboxylic acids is 14. The molecule has 1 aliphatic rings. The zero-order valence-electron chi connectivity index (χ0n) is 63.4. The Morgan fingerprint density at radius 1 is 0.391 bits per heavy atom. The Morgan fingerprint density at radius 2 is 0.687 bits per heavy atom. The third-order valence-corrected chi connectivity index (χ3v) is 17.5. The number of thioether (sulfide) groups is 1. The van der Waals surface area contributed by atoms with Crippen molar-refractivity contribution < 1.29 is 161 Å². The molecular formula is C67H102N14O33S. The van der Waals surface area contributed by atoms with Gasteiger partial charge in [-0.3, -0.25) is 110 Å². The number of nitrogens with two attached hydrogens (primary N) is 1. The molecule has 1 fully saturated rings. The Labute approximate surface area is 660 Å². The number of likely N-dealkylation sites (tertiary alicyclic amines) is 1. The second-order valence-electron chi connectivity index (χ2n) is 26.7. The molecule has 0 aromatic heterocycles. The van der Waals surface area contributed by atoms with Crippen LogP contribution in [0, 0.1) is 5.92 Å². The molecule has 115 heavy (non-hydrogen) atoms. The van der Waals surface area contributed by atoms with E-state index in [1.165, 1.54) is 23.6 Å². The molecule has 0 unspecified atom stereocenters. The van der Waals surface area contributed by atoms with Crippen LogP contribution < -0.4 is 69.5 Å². The minimum Gasteiger partial charge on any atom is -0.481 e. The van der Waals surface area contributed by atoms with Crippen molar-refractivity contribution in [3.8, 4) is 0 Å². The summed E-state index contributed by atoms with van der Waals surface area (Å²) < 4.78 is 5.47. The predicted molar refractivity (Wildman–Crippen MR) is 389 cm³/mol. The molecule has 0 radical (unpaired) electrons. The van der Waals surface area contributed by atoms with Crippen molar-refractivity contribution in [1.29, 1.82) is 0 Å². The second-order valence-corrected chi connectivity index (χ2v) is 27.6. The van der Waals surface area contributed by atoms with Crippen molar-refractivity contribution in [2.24, 2.45) is 11.7 Å². The van der Waals surface area contributed by atoms with Crippen LogP contribution in [0.15, 0.2) is 0 Å². The van der Waals surface area contributed by atoms with Gasteiger partial charge in [-0.05, 0) is 96.1 Å². The SMILES string of the molecule is CSC[C@H](NC(=O)CNC(=O)[C@H](CC(C)C)NC(=O)[C@@H]1CCCN1C(=O)COCCNC(=O)[C@@H](CCC(=O)O)NC(=O)[C@@H](CCC(=O)O)NC(=O)[C@@H](CCC(=O)O)NC(=O)[C@@H](CCC(=O)O)NC(=O)[C@@H](CCC(=O)O)NC(=O)[C@@H](CCC(=O)O)NC(=O)[C@@H](CCC(=O)O)NC(=O)[C@@H](CCC(=O)O)NC(=O)[C@H](N)CCC(=O)O)C(C)=O. The van der Waals surface area contributed by atoms with Crippen molar-refractivity contribution in [3.63, 3.8) is 0 Å². The van der Waals surface area contributed by atoms with Crippen LogP contribution in [0.25, 0.3) is 0 Å². The number of ketones is 1.